The SMILES string of the molecule is CNC(C)CNS(=O)(=O)c1cccc(Br)c1Cl. The Morgan fingerprint density at radius 1 is 1.47 bits per heavy atom. The first kappa shape index (κ1) is 14.9. The van der Waals surface area contributed by atoms with Crippen LogP contribution in [0.5, 0.6) is 0 Å². The molecule has 0 saturated heterocycles. The molecule has 0 aliphatic rings. The molecule has 0 spiro atoms. The lowest BCUT2D eigenvalue weighted by Gasteiger charge is -2.13. The van der Waals surface area contributed by atoms with Gasteiger partial charge in [-0.2, -0.15) is 0 Å². The highest BCUT2D eigenvalue weighted by atomic mass is 79.9. The monoisotopic (exact) mass is 340 g/mol. The summed E-state index contributed by atoms with van der Waals surface area (Å²) in [6, 6.07) is 4.85. The van der Waals surface area contributed by atoms with E-state index in [1.807, 2.05) is 6.92 Å². The van der Waals surface area contributed by atoms with Crippen molar-refractivity contribution in [3.8, 4) is 0 Å². The molecule has 1 aromatic rings. The number of likely N-dealkylation sites (N-methyl/N-ethyl adjacent to an activating group) is 1. The van der Waals surface area contributed by atoms with Crippen molar-refractivity contribution in [3.63, 3.8) is 0 Å². The molecule has 1 aromatic carbocycles. The zero-order valence-corrected chi connectivity index (χ0v) is 12.7. The van der Waals surface area contributed by atoms with Gasteiger partial charge in [0.2, 0.25) is 10.0 Å². The molecule has 0 aliphatic heterocycles. The molecule has 96 valence electrons. The summed E-state index contributed by atoms with van der Waals surface area (Å²) in [5.41, 5.74) is 0. The third kappa shape index (κ3) is 3.93. The van der Waals surface area contributed by atoms with Gasteiger partial charge < -0.3 is 5.32 Å². The van der Waals surface area contributed by atoms with Crippen LogP contribution in [0, 0.1) is 0 Å². The van der Waals surface area contributed by atoms with Crippen LogP contribution in [0.15, 0.2) is 27.6 Å². The summed E-state index contributed by atoms with van der Waals surface area (Å²) in [5.74, 6) is 0. The van der Waals surface area contributed by atoms with Gasteiger partial charge in [0.05, 0.1) is 5.02 Å². The van der Waals surface area contributed by atoms with Crippen molar-refractivity contribution in [2.24, 2.45) is 0 Å². The normalized spacial score (nSPS) is 13.6. The second-order valence-electron chi connectivity index (χ2n) is 3.59. The van der Waals surface area contributed by atoms with Gasteiger partial charge in [0, 0.05) is 17.1 Å². The maximum Gasteiger partial charge on any atom is 0.242 e. The largest absolute Gasteiger partial charge is 0.316 e. The van der Waals surface area contributed by atoms with E-state index in [-0.39, 0.29) is 16.0 Å². The minimum Gasteiger partial charge on any atom is -0.316 e. The molecule has 0 fully saturated rings. The van der Waals surface area contributed by atoms with Crippen LogP contribution >= 0.6 is 27.5 Å². The fourth-order valence-electron chi connectivity index (χ4n) is 1.11. The lowest BCUT2D eigenvalue weighted by atomic mass is 10.4. The Morgan fingerprint density at radius 3 is 2.71 bits per heavy atom. The van der Waals surface area contributed by atoms with Gasteiger partial charge in [0.25, 0.3) is 0 Å². The van der Waals surface area contributed by atoms with E-state index in [2.05, 4.69) is 26.0 Å². The van der Waals surface area contributed by atoms with E-state index in [9.17, 15) is 8.42 Å². The van der Waals surface area contributed by atoms with Gasteiger partial charge in [-0.05, 0) is 42.0 Å². The number of hydrogen-bond acceptors (Lipinski definition) is 3. The molecule has 17 heavy (non-hydrogen) atoms. The standard InChI is InChI=1S/C10H14BrClN2O2S/c1-7(13-2)6-14-17(15,16)9-5-3-4-8(11)10(9)12/h3-5,7,13-14H,6H2,1-2H3. The highest BCUT2D eigenvalue weighted by Gasteiger charge is 2.19. The van der Waals surface area contributed by atoms with Gasteiger partial charge in [-0.1, -0.05) is 17.7 Å². The van der Waals surface area contributed by atoms with Gasteiger partial charge in [-0.25, -0.2) is 13.1 Å². The van der Waals surface area contributed by atoms with Gasteiger partial charge in [0.15, 0.2) is 0 Å². The average molecular weight is 342 g/mol. The zero-order chi connectivity index (χ0) is 13.1. The van der Waals surface area contributed by atoms with Crippen LogP contribution in [-0.2, 0) is 10.0 Å². The molecule has 1 atom stereocenters. The van der Waals surface area contributed by atoms with Gasteiger partial charge in [-0.15, -0.1) is 0 Å². The van der Waals surface area contributed by atoms with E-state index in [4.69, 9.17) is 11.6 Å². The Hall–Kier alpha value is -0.140. The molecule has 7 heteroatoms. The molecule has 0 bridgehead atoms. The minimum atomic E-state index is -3.57. The van der Waals surface area contributed by atoms with Crippen molar-refractivity contribution in [2.75, 3.05) is 13.6 Å². The number of rotatable bonds is 5. The predicted octanol–water partition coefficient (Wildman–Crippen LogP) is 1.99. The van der Waals surface area contributed by atoms with Gasteiger partial charge >= 0.3 is 0 Å². The van der Waals surface area contributed by atoms with E-state index in [0.29, 0.717) is 11.0 Å². The molecule has 0 radical (unpaired) electrons. The first-order valence-electron chi connectivity index (χ1n) is 4.99. The fraction of sp³-hybridized carbons (Fsp3) is 0.400. The minimum absolute atomic E-state index is 0.0516. The number of nitrogens with one attached hydrogen (secondary N) is 2. The van der Waals surface area contributed by atoms with Crippen molar-refractivity contribution in [2.45, 2.75) is 17.9 Å². The number of sulfonamides is 1. The Labute approximate surface area is 115 Å². The van der Waals surface area contributed by atoms with Crippen LogP contribution < -0.4 is 10.0 Å². The first-order valence-corrected chi connectivity index (χ1v) is 7.65. The second-order valence-corrected chi connectivity index (χ2v) is 6.56. The highest BCUT2D eigenvalue weighted by molar-refractivity contribution is 9.10. The Balaban J connectivity index is 2.94. The highest BCUT2D eigenvalue weighted by Crippen LogP contribution is 2.28. The fourth-order valence-corrected chi connectivity index (χ4v) is 3.26. The van der Waals surface area contributed by atoms with E-state index in [1.54, 1.807) is 19.2 Å². The van der Waals surface area contributed by atoms with Crippen LogP contribution in [0.1, 0.15) is 6.92 Å². The van der Waals surface area contributed by atoms with E-state index < -0.39 is 10.0 Å². The zero-order valence-electron chi connectivity index (χ0n) is 9.50. The summed E-state index contributed by atoms with van der Waals surface area (Å²) in [5, 5.41) is 3.14. The summed E-state index contributed by atoms with van der Waals surface area (Å²) in [6.07, 6.45) is 0. The van der Waals surface area contributed by atoms with Gasteiger partial charge in [-0.3, -0.25) is 0 Å². The van der Waals surface area contributed by atoms with Crippen LogP contribution in [-0.4, -0.2) is 28.1 Å². The average Bonchev–Trinajstić information content (AvgIpc) is 2.29. The van der Waals surface area contributed by atoms with Crippen molar-refractivity contribution in [3.05, 3.63) is 27.7 Å². The molecule has 0 aromatic heterocycles. The Morgan fingerprint density at radius 2 is 2.12 bits per heavy atom. The summed E-state index contributed by atoms with van der Waals surface area (Å²) in [7, 11) is -1.80. The van der Waals surface area contributed by atoms with E-state index in [1.165, 1.54) is 6.07 Å². The smallest absolute Gasteiger partial charge is 0.242 e. The molecule has 0 amide bonds. The molecule has 2 N–H and O–H groups in total. The lowest BCUT2D eigenvalue weighted by molar-refractivity contribution is 0.554. The van der Waals surface area contributed by atoms with Crippen molar-refractivity contribution in [1.82, 2.24) is 10.0 Å². The maximum absolute atomic E-state index is 12.0. The third-order valence-electron chi connectivity index (χ3n) is 2.28. The first-order chi connectivity index (χ1) is 7.88. The van der Waals surface area contributed by atoms with Crippen LogP contribution in [0.3, 0.4) is 0 Å². The quantitative estimate of drug-likeness (QED) is 0.861. The third-order valence-corrected chi connectivity index (χ3v) is 5.15. The Bertz CT molecular complexity index is 493. The van der Waals surface area contributed by atoms with E-state index >= 15 is 0 Å². The second kappa shape index (κ2) is 6.15. The van der Waals surface area contributed by atoms with Crippen LogP contribution in [0.2, 0.25) is 5.02 Å². The van der Waals surface area contributed by atoms with Crippen molar-refractivity contribution >= 4 is 37.6 Å². The van der Waals surface area contributed by atoms with Crippen molar-refractivity contribution in [1.29, 1.82) is 0 Å². The molecule has 0 heterocycles. The lowest BCUT2D eigenvalue weighted by Crippen LogP contribution is -2.37. The van der Waals surface area contributed by atoms with Gasteiger partial charge in [0.1, 0.15) is 4.90 Å². The summed E-state index contributed by atoms with van der Waals surface area (Å²) < 4.78 is 27.0. The summed E-state index contributed by atoms with van der Waals surface area (Å²) >= 11 is 9.14. The molecule has 0 saturated carbocycles. The number of hydrogen-bond donors (Lipinski definition) is 2. The van der Waals surface area contributed by atoms with Crippen molar-refractivity contribution < 1.29 is 8.42 Å². The van der Waals surface area contributed by atoms with Crippen LogP contribution in [0.25, 0.3) is 0 Å². The maximum atomic E-state index is 12.0. The molecule has 1 rings (SSSR count). The number of benzene rings is 1. The molecular weight excluding hydrogens is 328 g/mol. The molecule has 4 nitrogen and oxygen atoms in total. The summed E-state index contributed by atoms with van der Waals surface area (Å²) in [6.45, 7) is 2.19. The van der Waals surface area contributed by atoms with E-state index in [0.717, 1.165) is 0 Å². The molecule has 0 aliphatic carbocycles. The summed E-state index contributed by atoms with van der Waals surface area (Å²) in [4.78, 5) is 0.0804. The predicted molar refractivity (Wildman–Crippen MR) is 72.9 cm³/mol. The Kier molecular flexibility index (Phi) is 5.40. The molecule has 1 unspecified atom stereocenters. The number of halogens is 2. The van der Waals surface area contributed by atoms with Crippen LogP contribution in [0.4, 0.5) is 0 Å². The molecular formula is C10H14BrClN2O2S. The topological polar surface area (TPSA) is 58.2 Å².